The quantitative estimate of drug-likeness (QED) is 0.804. The van der Waals surface area contributed by atoms with Crippen LogP contribution in [0.15, 0.2) is 24.3 Å². The van der Waals surface area contributed by atoms with Crippen molar-refractivity contribution in [3.05, 3.63) is 35.4 Å². The lowest BCUT2D eigenvalue weighted by Gasteiger charge is -2.20. The predicted octanol–water partition coefficient (Wildman–Crippen LogP) is 2.37. The fourth-order valence-electron chi connectivity index (χ4n) is 1.91. The molecule has 0 aliphatic heterocycles. The van der Waals surface area contributed by atoms with Gasteiger partial charge in [0.15, 0.2) is 0 Å². The second kappa shape index (κ2) is 8.19. The lowest BCUT2D eigenvalue weighted by Crippen LogP contribution is -2.41. The summed E-state index contributed by atoms with van der Waals surface area (Å²) in [6.07, 6.45) is 1.63. The monoisotopic (exact) mass is 278 g/mol. The molecule has 0 unspecified atom stereocenters. The van der Waals surface area contributed by atoms with Gasteiger partial charge in [0.25, 0.3) is 0 Å². The summed E-state index contributed by atoms with van der Waals surface area (Å²) in [7, 11) is 0. The minimum atomic E-state index is -0.928. The van der Waals surface area contributed by atoms with Crippen LogP contribution in [0.3, 0.4) is 0 Å². The molecule has 0 bridgehead atoms. The fraction of sp³-hybridized carbons (Fsp3) is 0.467. The van der Waals surface area contributed by atoms with Crippen molar-refractivity contribution >= 4 is 12.0 Å². The highest BCUT2D eigenvalue weighted by atomic mass is 16.4. The highest BCUT2D eigenvalue weighted by Crippen LogP contribution is 2.05. The van der Waals surface area contributed by atoms with E-state index in [1.165, 1.54) is 0 Å². The first-order valence-electron chi connectivity index (χ1n) is 6.93. The number of aromatic carboxylic acids is 1. The van der Waals surface area contributed by atoms with E-state index in [1.807, 2.05) is 13.8 Å². The highest BCUT2D eigenvalue weighted by Gasteiger charge is 2.09. The van der Waals surface area contributed by atoms with Crippen LogP contribution in [0.25, 0.3) is 0 Å². The van der Waals surface area contributed by atoms with Gasteiger partial charge in [0.1, 0.15) is 0 Å². The van der Waals surface area contributed by atoms with Crippen LogP contribution in [0, 0.1) is 0 Å². The van der Waals surface area contributed by atoms with E-state index in [4.69, 9.17) is 5.11 Å². The van der Waals surface area contributed by atoms with E-state index in [9.17, 15) is 9.59 Å². The van der Waals surface area contributed by atoms with E-state index in [2.05, 4.69) is 5.32 Å². The molecule has 2 N–H and O–H groups in total. The summed E-state index contributed by atoms with van der Waals surface area (Å²) < 4.78 is 0. The Morgan fingerprint density at radius 2 is 1.85 bits per heavy atom. The predicted molar refractivity (Wildman–Crippen MR) is 78.0 cm³/mol. The first-order chi connectivity index (χ1) is 9.58. The molecule has 0 aliphatic carbocycles. The van der Waals surface area contributed by atoms with Gasteiger partial charge in [-0.3, -0.25) is 0 Å². The molecule has 0 saturated heterocycles. The second-order valence-electron chi connectivity index (χ2n) is 4.56. The molecule has 5 heteroatoms. The second-order valence-corrected chi connectivity index (χ2v) is 4.56. The van der Waals surface area contributed by atoms with Crippen LogP contribution in [0.2, 0.25) is 0 Å². The number of nitrogens with zero attached hydrogens (tertiary/aromatic N) is 1. The van der Waals surface area contributed by atoms with Crippen molar-refractivity contribution in [2.75, 3.05) is 19.6 Å². The number of amides is 2. The minimum absolute atomic E-state index is 0.0449. The summed E-state index contributed by atoms with van der Waals surface area (Å²) in [5, 5.41) is 11.7. The van der Waals surface area contributed by atoms with Crippen LogP contribution in [-0.4, -0.2) is 41.6 Å². The molecule has 0 fully saturated rings. The Labute approximate surface area is 119 Å². The molecule has 0 saturated carbocycles. The summed E-state index contributed by atoms with van der Waals surface area (Å²) in [5.74, 6) is -0.928. The normalized spacial score (nSPS) is 10.1. The summed E-state index contributed by atoms with van der Waals surface area (Å²) in [4.78, 5) is 24.3. The van der Waals surface area contributed by atoms with Crippen LogP contribution in [-0.2, 0) is 6.42 Å². The molecule has 1 rings (SSSR count). The molecule has 20 heavy (non-hydrogen) atoms. The van der Waals surface area contributed by atoms with Gasteiger partial charge < -0.3 is 15.3 Å². The molecule has 2 amide bonds. The summed E-state index contributed by atoms with van der Waals surface area (Å²) in [6.45, 7) is 6.01. The summed E-state index contributed by atoms with van der Waals surface area (Å²) in [5.41, 5.74) is 1.28. The molecule has 1 aromatic carbocycles. The van der Waals surface area contributed by atoms with Gasteiger partial charge >= 0.3 is 12.0 Å². The van der Waals surface area contributed by atoms with Gasteiger partial charge in [0.2, 0.25) is 0 Å². The number of nitrogens with one attached hydrogen (secondary N) is 1. The molecule has 1 aromatic rings. The van der Waals surface area contributed by atoms with Gasteiger partial charge in [-0.05, 0) is 37.5 Å². The van der Waals surface area contributed by atoms with E-state index in [0.29, 0.717) is 19.5 Å². The number of hydrogen-bond acceptors (Lipinski definition) is 2. The zero-order valence-electron chi connectivity index (χ0n) is 12.1. The first kappa shape index (κ1) is 16.0. The molecule has 0 spiro atoms. The molecule has 0 heterocycles. The van der Waals surface area contributed by atoms with Crippen LogP contribution in [0.5, 0.6) is 0 Å². The molecule has 0 aliphatic rings. The molecule has 0 atom stereocenters. The maximum atomic E-state index is 11.8. The zero-order valence-corrected chi connectivity index (χ0v) is 12.1. The number of carboxylic acids is 1. The van der Waals surface area contributed by atoms with Crippen molar-refractivity contribution in [2.24, 2.45) is 0 Å². The first-order valence-corrected chi connectivity index (χ1v) is 6.93. The van der Waals surface area contributed by atoms with Crippen molar-refractivity contribution < 1.29 is 14.7 Å². The highest BCUT2D eigenvalue weighted by molar-refractivity contribution is 5.87. The van der Waals surface area contributed by atoms with Gasteiger partial charge in [0, 0.05) is 19.6 Å². The number of benzene rings is 1. The van der Waals surface area contributed by atoms with Gasteiger partial charge in [0.05, 0.1) is 5.56 Å². The van der Waals surface area contributed by atoms with Crippen molar-refractivity contribution in [3.8, 4) is 0 Å². The zero-order chi connectivity index (χ0) is 15.0. The van der Waals surface area contributed by atoms with Crippen LogP contribution in [0.1, 0.15) is 36.2 Å². The van der Waals surface area contributed by atoms with Crippen molar-refractivity contribution in [1.82, 2.24) is 10.2 Å². The van der Waals surface area contributed by atoms with E-state index in [1.54, 1.807) is 29.2 Å². The Morgan fingerprint density at radius 1 is 1.20 bits per heavy atom. The number of carboxylic acid groups (broad SMARTS) is 1. The molecule has 110 valence electrons. The molecule has 5 nitrogen and oxygen atoms in total. The lowest BCUT2D eigenvalue weighted by atomic mass is 10.1. The van der Waals surface area contributed by atoms with E-state index < -0.39 is 5.97 Å². The molecular formula is C15H22N2O3. The third-order valence-electron chi connectivity index (χ3n) is 3.05. The molecule has 0 radical (unpaired) electrons. The van der Waals surface area contributed by atoms with Gasteiger partial charge in [-0.2, -0.15) is 0 Å². The lowest BCUT2D eigenvalue weighted by molar-refractivity contribution is 0.0697. The van der Waals surface area contributed by atoms with Crippen LogP contribution >= 0.6 is 0 Å². The van der Waals surface area contributed by atoms with Crippen molar-refractivity contribution in [2.45, 2.75) is 26.7 Å². The third kappa shape index (κ3) is 4.91. The Hall–Kier alpha value is -2.04. The van der Waals surface area contributed by atoms with Crippen molar-refractivity contribution in [3.63, 3.8) is 0 Å². The summed E-state index contributed by atoms with van der Waals surface area (Å²) in [6, 6.07) is 6.67. The largest absolute Gasteiger partial charge is 0.478 e. The number of urea groups is 1. The maximum absolute atomic E-state index is 11.8. The number of carbonyl (C=O) groups is 2. The Bertz CT molecular complexity index is 443. The van der Waals surface area contributed by atoms with E-state index in [0.717, 1.165) is 18.5 Å². The standard InChI is InChI=1S/C15H22N2O3/c1-3-11-17(4-2)15(20)16-10-9-12-5-7-13(8-6-12)14(18)19/h5-8H,3-4,9-11H2,1-2H3,(H,16,20)(H,18,19). The molecule has 0 aromatic heterocycles. The fourth-order valence-corrected chi connectivity index (χ4v) is 1.91. The van der Waals surface area contributed by atoms with Crippen LogP contribution in [0.4, 0.5) is 4.79 Å². The Kier molecular flexibility index (Phi) is 6.56. The number of rotatable bonds is 7. The third-order valence-corrected chi connectivity index (χ3v) is 3.05. The average molecular weight is 278 g/mol. The maximum Gasteiger partial charge on any atom is 0.335 e. The average Bonchev–Trinajstić information content (AvgIpc) is 2.45. The number of carbonyl (C=O) groups excluding carboxylic acids is 1. The topological polar surface area (TPSA) is 69.6 Å². The van der Waals surface area contributed by atoms with Crippen LogP contribution < -0.4 is 5.32 Å². The van der Waals surface area contributed by atoms with Gasteiger partial charge in [-0.15, -0.1) is 0 Å². The Balaban J connectivity index is 2.40. The van der Waals surface area contributed by atoms with Gasteiger partial charge in [-0.25, -0.2) is 9.59 Å². The van der Waals surface area contributed by atoms with Gasteiger partial charge in [-0.1, -0.05) is 19.1 Å². The SMILES string of the molecule is CCCN(CC)C(=O)NCCc1ccc(C(=O)O)cc1. The summed E-state index contributed by atoms with van der Waals surface area (Å²) >= 11 is 0. The van der Waals surface area contributed by atoms with Crippen molar-refractivity contribution in [1.29, 1.82) is 0 Å². The minimum Gasteiger partial charge on any atom is -0.478 e. The molecular weight excluding hydrogens is 256 g/mol. The Morgan fingerprint density at radius 3 is 2.35 bits per heavy atom. The van der Waals surface area contributed by atoms with E-state index >= 15 is 0 Å². The smallest absolute Gasteiger partial charge is 0.335 e. The van der Waals surface area contributed by atoms with E-state index in [-0.39, 0.29) is 11.6 Å². The number of hydrogen-bond donors (Lipinski definition) is 2.